The van der Waals surface area contributed by atoms with Crippen LogP contribution < -0.4 is 5.32 Å². The van der Waals surface area contributed by atoms with E-state index in [0.29, 0.717) is 28.8 Å². The van der Waals surface area contributed by atoms with Crippen LogP contribution in [0.1, 0.15) is 51.1 Å². The van der Waals surface area contributed by atoms with Gasteiger partial charge in [0.2, 0.25) is 5.89 Å². The molecule has 222 valence electrons. The van der Waals surface area contributed by atoms with Gasteiger partial charge >= 0.3 is 0 Å². The molecule has 0 saturated carbocycles. The highest BCUT2D eigenvalue weighted by Crippen LogP contribution is 2.37. The minimum Gasteiger partial charge on any atom is -0.435 e. The number of fused-ring (bicyclic) bond motifs is 2. The van der Waals surface area contributed by atoms with Crippen LogP contribution in [0.2, 0.25) is 0 Å². The quantitative estimate of drug-likeness (QED) is 0.186. The Labute approximate surface area is 261 Å². The molecule has 1 aliphatic rings. The number of nitriles is 1. The van der Waals surface area contributed by atoms with E-state index in [4.69, 9.17) is 14.4 Å². The molecule has 1 N–H and O–H groups in total. The topological polar surface area (TPSA) is 108 Å². The molecule has 0 radical (unpaired) electrons. The molecule has 6 aromatic rings. The highest BCUT2D eigenvalue weighted by Gasteiger charge is 2.19. The third-order valence-corrected chi connectivity index (χ3v) is 8.67. The average Bonchev–Trinajstić information content (AvgIpc) is 3.71. The first-order chi connectivity index (χ1) is 21.9. The van der Waals surface area contributed by atoms with Crippen molar-refractivity contribution in [2.75, 3.05) is 18.4 Å². The summed E-state index contributed by atoms with van der Waals surface area (Å²) in [5.41, 5.74) is 10.5. The van der Waals surface area contributed by atoms with Crippen LogP contribution in [0.3, 0.4) is 0 Å². The van der Waals surface area contributed by atoms with Gasteiger partial charge in [-0.15, -0.1) is 0 Å². The fourth-order valence-corrected chi connectivity index (χ4v) is 6.36. The minimum absolute atomic E-state index is 0.284. The zero-order valence-electron chi connectivity index (χ0n) is 25.5. The summed E-state index contributed by atoms with van der Waals surface area (Å²) in [7, 11) is 0. The van der Waals surface area contributed by atoms with Crippen LogP contribution in [-0.4, -0.2) is 39.2 Å². The molecule has 0 atom stereocenters. The van der Waals surface area contributed by atoms with Gasteiger partial charge in [-0.25, -0.2) is 9.97 Å². The van der Waals surface area contributed by atoms with Crippen LogP contribution in [0.4, 0.5) is 11.5 Å². The molecule has 0 bridgehead atoms. The first-order valence-electron chi connectivity index (χ1n) is 15.2. The number of anilines is 2. The lowest BCUT2D eigenvalue weighted by Gasteiger charge is -2.17. The van der Waals surface area contributed by atoms with Gasteiger partial charge in [0.25, 0.3) is 0 Å². The first-order valence-corrected chi connectivity index (χ1v) is 15.2. The highest BCUT2D eigenvalue weighted by atomic mass is 16.3. The first kappa shape index (κ1) is 28.4. The van der Waals surface area contributed by atoms with Crippen LogP contribution in [0.5, 0.6) is 0 Å². The molecule has 8 heteroatoms. The standard InChI is InChI=1S/C37H32N6O2/c1-22-14-27-16-26(20-43-12-4-5-13-43)19-39-34(27)36(40-22)41-32-11-7-9-30(24(32)3)29-8-6-10-31(23(29)2)37-42-33-17-25(21-44)15-28(18-38)35(33)45-37/h6-11,14-17,19,21H,4-5,12-13,20H2,1-3H3,(H,40,41). The van der Waals surface area contributed by atoms with E-state index in [-0.39, 0.29) is 5.56 Å². The fraction of sp³-hybridized carbons (Fsp3) is 0.216. The van der Waals surface area contributed by atoms with E-state index in [1.54, 1.807) is 6.07 Å². The van der Waals surface area contributed by atoms with Gasteiger partial charge < -0.3 is 9.73 Å². The van der Waals surface area contributed by atoms with Crippen molar-refractivity contribution >= 4 is 39.8 Å². The summed E-state index contributed by atoms with van der Waals surface area (Å²) in [5, 5.41) is 14.3. The number of likely N-dealkylation sites (tertiary alicyclic amines) is 1. The van der Waals surface area contributed by atoms with E-state index in [1.165, 1.54) is 24.5 Å². The number of rotatable bonds is 7. The summed E-state index contributed by atoms with van der Waals surface area (Å²) < 4.78 is 6.10. The van der Waals surface area contributed by atoms with E-state index in [1.807, 2.05) is 38.2 Å². The lowest BCUT2D eigenvalue weighted by atomic mass is 9.93. The number of nitrogens with zero attached hydrogens (tertiary/aromatic N) is 5. The predicted octanol–water partition coefficient (Wildman–Crippen LogP) is 8.05. The summed E-state index contributed by atoms with van der Waals surface area (Å²) in [5.74, 6) is 1.14. The van der Waals surface area contributed by atoms with Crippen LogP contribution in [0, 0.1) is 32.1 Å². The van der Waals surface area contributed by atoms with E-state index >= 15 is 0 Å². The Morgan fingerprint density at radius 3 is 2.49 bits per heavy atom. The van der Waals surface area contributed by atoms with E-state index in [9.17, 15) is 10.1 Å². The molecule has 3 aromatic carbocycles. The second-order valence-corrected chi connectivity index (χ2v) is 11.8. The number of pyridine rings is 2. The smallest absolute Gasteiger partial charge is 0.227 e. The second-order valence-electron chi connectivity index (χ2n) is 11.8. The van der Waals surface area contributed by atoms with Crippen LogP contribution >= 0.6 is 0 Å². The molecule has 8 nitrogen and oxygen atoms in total. The second kappa shape index (κ2) is 11.6. The summed E-state index contributed by atoms with van der Waals surface area (Å²) in [4.78, 5) is 28.2. The van der Waals surface area contributed by atoms with Crippen molar-refractivity contribution in [2.45, 2.75) is 40.2 Å². The third kappa shape index (κ3) is 5.32. The monoisotopic (exact) mass is 592 g/mol. The van der Waals surface area contributed by atoms with Crippen molar-refractivity contribution in [1.82, 2.24) is 19.9 Å². The van der Waals surface area contributed by atoms with Gasteiger partial charge in [0.05, 0.1) is 5.56 Å². The fourth-order valence-electron chi connectivity index (χ4n) is 6.36. The van der Waals surface area contributed by atoms with Crippen molar-refractivity contribution in [3.05, 3.63) is 100 Å². The Balaban J connectivity index is 1.24. The minimum atomic E-state index is 0.284. The molecular weight excluding hydrogens is 560 g/mol. The Bertz CT molecular complexity index is 2150. The maximum absolute atomic E-state index is 11.4. The highest BCUT2D eigenvalue weighted by molar-refractivity contribution is 5.92. The third-order valence-electron chi connectivity index (χ3n) is 8.67. The van der Waals surface area contributed by atoms with E-state index in [2.05, 4.69) is 58.5 Å². The molecule has 45 heavy (non-hydrogen) atoms. The molecule has 0 unspecified atom stereocenters. The Morgan fingerprint density at radius 1 is 0.956 bits per heavy atom. The van der Waals surface area contributed by atoms with Gasteiger partial charge in [-0.3, -0.25) is 14.7 Å². The Kier molecular flexibility index (Phi) is 7.32. The van der Waals surface area contributed by atoms with E-state index in [0.717, 1.165) is 75.6 Å². The van der Waals surface area contributed by atoms with Crippen molar-refractivity contribution in [3.8, 4) is 28.7 Å². The van der Waals surface area contributed by atoms with Crippen LogP contribution in [0.25, 0.3) is 44.6 Å². The van der Waals surface area contributed by atoms with Gasteiger partial charge in [-0.2, -0.15) is 5.26 Å². The molecule has 4 heterocycles. The number of nitrogens with one attached hydrogen (secondary N) is 1. The number of carbonyl (C=O) groups is 1. The lowest BCUT2D eigenvalue weighted by molar-refractivity contribution is 0.112. The Hall–Kier alpha value is -5.39. The molecule has 0 amide bonds. The van der Waals surface area contributed by atoms with Gasteiger partial charge in [0, 0.05) is 40.6 Å². The lowest BCUT2D eigenvalue weighted by Crippen LogP contribution is -2.18. The van der Waals surface area contributed by atoms with Crippen molar-refractivity contribution in [1.29, 1.82) is 5.26 Å². The molecule has 7 rings (SSSR count). The largest absolute Gasteiger partial charge is 0.435 e. The van der Waals surface area contributed by atoms with Gasteiger partial charge in [0.1, 0.15) is 23.4 Å². The number of aldehydes is 1. The normalized spacial score (nSPS) is 13.4. The van der Waals surface area contributed by atoms with Gasteiger partial charge in [0.15, 0.2) is 11.4 Å². The number of hydrogen-bond acceptors (Lipinski definition) is 8. The zero-order chi connectivity index (χ0) is 31.1. The number of oxazole rings is 1. The van der Waals surface area contributed by atoms with Crippen molar-refractivity contribution in [2.24, 2.45) is 0 Å². The van der Waals surface area contributed by atoms with Crippen molar-refractivity contribution < 1.29 is 9.21 Å². The zero-order valence-corrected chi connectivity index (χ0v) is 25.5. The summed E-state index contributed by atoms with van der Waals surface area (Å²) in [6.45, 7) is 9.38. The summed E-state index contributed by atoms with van der Waals surface area (Å²) >= 11 is 0. The predicted molar refractivity (Wildman–Crippen MR) is 177 cm³/mol. The summed E-state index contributed by atoms with van der Waals surface area (Å²) in [6, 6.07) is 21.8. The number of carbonyl (C=O) groups excluding carboxylic acids is 1. The molecule has 0 spiro atoms. The molecule has 1 aliphatic heterocycles. The number of hydrogen-bond donors (Lipinski definition) is 1. The Morgan fingerprint density at radius 2 is 1.71 bits per heavy atom. The molecule has 1 saturated heterocycles. The van der Waals surface area contributed by atoms with Gasteiger partial charge in [-0.1, -0.05) is 24.3 Å². The maximum atomic E-state index is 11.4. The van der Waals surface area contributed by atoms with Crippen LogP contribution in [0.15, 0.2) is 71.3 Å². The number of benzene rings is 3. The number of aryl methyl sites for hydroxylation is 1. The van der Waals surface area contributed by atoms with Gasteiger partial charge in [-0.05, 0) is 111 Å². The van der Waals surface area contributed by atoms with Crippen LogP contribution in [-0.2, 0) is 6.54 Å². The summed E-state index contributed by atoms with van der Waals surface area (Å²) in [6.07, 6.45) is 5.22. The maximum Gasteiger partial charge on any atom is 0.227 e. The SMILES string of the molecule is Cc1cc2cc(CN3CCCC3)cnc2c(Nc2cccc(-c3cccc(-c4nc5cc(C=O)cc(C#N)c5o4)c3C)c2C)n1. The molecule has 1 fully saturated rings. The number of aromatic nitrogens is 3. The van der Waals surface area contributed by atoms with E-state index < -0.39 is 0 Å². The molecule has 0 aliphatic carbocycles. The van der Waals surface area contributed by atoms with Crippen molar-refractivity contribution in [3.63, 3.8) is 0 Å². The molecular formula is C37H32N6O2. The average molecular weight is 593 g/mol. The molecule has 3 aromatic heterocycles.